The largest absolute Gasteiger partial charge is 0.497 e. The summed E-state index contributed by atoms with van der Waals surface area (Å²) in [4.78, 5) is 18.8. The first kappa shape index (κ1) is 17.3. The topological polar surface area (TPSA) is 68.5 Å². The van der Waals surface area contributed by atoms with Crippen LogP contribution in [-0.4, -0.2) is 28.1 Å². The van der Waals surface area contributed by atoms with Crippen molar-refractivity contribution in [3.63, 3.8) is 0 Å². The van der Waals surface area contributed by atoms with Crippen LogP contribution >= 0.6 is 0 Å². The van der Waals surface area contributed by atoms with Crippen molar-refractivity contribution in [1.29, 1.82) is 0 Å². The Morgan fingerprint density at radius 1 is 1.22 bits per heavy atom. The third kappa shape index (κ3) is 3.56. The summed E-state index contributed by atoms with van der Waals surface area (Å²) < 4.78 is 10.8. The third-order valence-corrected chi connectivity index (χ3v) is 4.86. The van der Waals surface area contributed by atoms with Gasteiger partial charge in [-0.25, -0.2) is 0 Å². The van der Waals surface area contributed by atoms with E-state index in [1.165, 1.54) is 5.56 Å². The van der Waals surface area contributed by atoms with Gasteiger partial charge in [0.15, 0.2) is 0 Å². The number of aromatic nitrogens is 2. The minimum absolute atomic E-state index is 0.113. The second kappa shape index (κ2) is 7.23. The Bertz CT molecular complexity index is 949. The summed E-state index contributed by atoms with van der Waals surface area (Å²) in [6.07, 6.45) is 1.18. The number of carbonyl (C=O) groups excluding carboxylic acids is 1. The summed E-state index contributed by atoms with van der Waals surface area (Å²) in [5.41, 5.74) is 3.11. The zero-order valence-corrected chi connectivity index (χ0v) is 15.4. The molecule has 1 aliphatic rings. The van der Waals surface area contributed by atoms with Gasteiger partial charge in [-0.1, -0.05) is 47.1 Å². The van der Waals surface area contributed by atoms with Crippen molar-refractivity contribution in [3.8, 4) is 17.1 Å². The fourth-order valence-corrected chi connectivity index (χ4v) is 3.33. The normalized spacial score (nSPS) is 16.7. The van der Waals surface area contributed by atoms with Crippen LogP contribution in [0.1, 0.15) is 35.9 Å². The molecule has 1 aliphatic heterocycles. The van der Waals surface area contributed by atoms with E-state index in [9.17, 15) is 4.79 Å². The highest BCUT2D eigenvalue weighted by atomic mass is 16.5. The van der Waals surface area contributed by atoms with E-state index < -0.39 is 0 Å². The minimum Gasteiger partial charge on any atom is -0.497 e. The third-order valence-electron chi connectivity index (χ3n) is 4.86. The fourth-order valence-electron chi connectivity index (χ4n) is 3.33. The molecule has 0 bridgehead atoms. The van der Waals surface area contributed by atoms with Gasteiger partial charge in [0.25, 0.3) is 0 Å². The molecule has 138 valence electrons. The lowest BCUT2D eigenvalue weighted by atomic mass is 10.1. The van der Waals surface area contributed by atoms with Gasteiger partial charge in [0.1, 0.15) is 11.8 Å². The predicted octanol–water partition coefficient (Wildman–Crippen LogP) is 3.92. The van der Waals surface area contributed by atoms with E-state index in [1.54, 1.807) is 7.11 Å². The van der Waals surface area contributed by atoms with Gasteiger partial charge in [-0.2, -0.15) is 4.98 Å². The van der Waals surface area contributed by atoms with E-state index in [-0.39, 0.29) is 11.9 Å². The number of hydrogen-bond acceptors (Lipinski definition) is 5. The van der Waals surface area contributed by atoms with Crippen molar-refractivity contribution in [3.05, 3.63) is 65.5 Å². The second-order valence-electron chi connectivity index (χ2n) is 6.75. The van der Waals surface area contributed by atoms with Gasteiger partial charge >= 0.3 is 0 Å². The van der Waals surface area contributed by atoms with Crippen LogP contribution in [-0.2, 0) is 11.3 Å². The molecule has 27 heavy (non-hydrogen) atoms. The number of likely N-dealkylation sites (tertiary alicyclic amines) is 1. The number of hydrogen-bond donors (Lipinski definition) is 0. The lowest BCUT2D eigenvalue weighted by Gasteiger charge is -2.22. The zero-order chi connectivity index (χ0) is 18.8. The fraction of sp³-hybridized carbons (Fsp3) is 0.286. The highest BCUT2D eigenvalue weighted by molar-refractivity contribution is 5.78. The maximum absolute atomic E-state index is 12.4. The summed E-state index contributed by atoms with van der Waals surface area (Å²) in [5, 5.41) is 4.10. The summed E-state index contributed by atoms with van der Waals surface area (Å²) in [5.74, 6) is 1.82. The van der Waals surface area contributed by atoms with Crippen LogP contribution in [0.15, 0.2) is 53.1 Å². The average molecular weight is 363 g/mol. The summed E-state index contributed by atoms with van der Waals surface area (Å²) in [7, 11) is 1.62. The van der Waals surface area contributed by atoms with Gasteiger partial charge in [-0.05, 0) is 31.0 Å². The molecule has 0 aliphatic carbocycles. The molecular weight excluding hydrogens is 342 g/mol. The first-order valence-corrected chi connectivity index (χ1v) is 8.97. The second-order valence-corrected chi connectivity index (χ2v) is 6.75. The number of rotatable bonds is 5. The summed E-state index contributed by atoms with van der Waals surface area (Å²) in [6.45, 7) is 2.59. The number of amides is 1. The Morgan fingerprint density at radius 3 is 2.81 bits per heavy atom. The van der Waals surface area contributed by atoms with E-state index >= 15 is 0 Å². The number of carbonyl (C=O) groups is 1. The monoisotopic (exact) mass is 363 g/mol. The zero-order valence-electron chi connectivity index (χ0n) is 15.4. The molecule has 1 aromatic heterocycles. The standard InChI is InChI=1S/C21H21N3O3/c1-14-6-8-15(9-7-14)13-24-18(10-11-19(24)25)21-22-20(23-27-21)16-4-3-5-17(12-16)26-2/h3-9,12,18H,10-11,13H2,1-2H3. The van der Waals surface area contributed by atoms with Crippen molar-refractivity contribution in [2.45, 2.75) is 32.4 Å². The SMILES string of the molecule is COc1cccc(-c2noc(C3CCC(=O)N3Cc3ccc(C)cc3)n2)c1. The lowest BCUT2D eigenvalue weighted by Crippen LogP contribution is -2.27. The molecule has 4 rings (SSSR count). The highest BCUT2D eigenvalue weighted by Gasteiger charge is 2.36. The average Bonchev–Trinajstić information content (AvgIpc) is 3.31. The molecule has 0 saturated carbocycles. The van der Waals surface area contributed by atoms with E-state index in [1.807, 2.05) is 48.2 Å². The van der Waals surface area contributed by atoms with Crippen LogP contribution in [0.2, 0.25) is 0 Å². The number of ether oxygens (including phenoxy) is 1. The van der Waals surface area contributed by atoms with Crippen molar-refractivity contribution in [2.24, 2.45) is 0 Å². The van der Waals surface area contributed by atoms with Crippen LogP contribution in [0.4, 0.5) is 0 Å². The van der Waals surface area contributed by atoms with Gasteiger partial charge in [-0.15, -0.1) is 0 Å². The van der Waals surface area contributed by atoms with Crippen molar-refractivity contribution in [2.75, 3.05) is 7.11 Å². The smallest absolute Gasteiger partial charge is 0.249 e. The van der Waals surface area contributed by atoms with Crippen LogP contribution in [0.5, 0.6) is 5.75 Å². The Morgan fingerprint density at radius 2 is 2.04 bits per heavy atom. The quantitative estimate of drug-likeness (QED) is 0.687. The molecule has 1 atom stereocenters. The van der Waals surface area contributed by atoms with Gasteiger partial charge in [0, 0.05) is 18.5 Å². The van der Waals surface area contributed by atoms with Crippen LogP contribution in [0.25, 0.3) is 11.4 Å². The van der Waals surface area contributed by atoms with Gasteiger partial charge < -0.3 is 14.2 Å². The molecule has 6 nitrogen and oxygen atoms in total. The minimum atomic E-state index is -0.189. The number of methoxy groups -OCH3 is 1. The Kier molecular flexibility index (Phi) is 4.62. The van der Waals surface area contributed by atoms with Crippen molar-refractivity contribution >= 4 is 5.91 Å². The molecule has 1 fully saturated rings. The van der Waals surface area contributed by atoms with E-state index in [0.29, 0.717) is 31.1 Å². The Labute approximate surface area is 157 Å². The molecule has 1 saturated heterocycles. The van der Waals surface area contributed by atoms with Crippen LogP contribution in [0, 0.1) is 6.92 Å². The number of benzene rings is 2. The molecule has 6 heteroatoms. The Balaban J connectivity index is 1.57. The van der Waals surface area contributed by atoms with Crippen LogP contribution < -0.4 is 4.74 Å². The summed E-state index contributed by atoms with van der Waals surface area (Å²) >= 11 is 0. The predicted molar refractivity (Wildman–Crippen MR) is 100.0 cm³/mol. The molecule has 3 aromatic rings. The highest BCUT2D eigenvalue weighted by Crippen LogP contribution is 2.34. The molecule has 2 heterocycles. The molecule has 0 N–H and O–H groups in total. The molecule has 1 amide bonds. The maximum atomic E-state index is 12.4. The van der Waals surface area contributed by atoms with E-state index in [4.69, 9.17) is 9.26 Å². The molecule has 0 spiro atoms. The number of nitrogens with zero attached hydrogens (tertiary/aromatic N) is 3. The maximum Gasteiger partial charge on any atom is 0.249 e. The van der Waals surface area contributed by atoms with Crippen molar-refractivity contribution in [1.82, 2.24) is 15.0 Å². The number of aryl methyl sites for hydroxylation is 1. The first-order valence-electron chi connectivity index (χ1n) is 8.97. The van der Waals surface area contributed by atoms with Gasteiger partial charge in [0.05, 0.1) is 7.11 Å². The van der Waals surface area contributed by atoms with E-state index in [2.05, 4.69) is 22.3 Å². The summed E-state index contributed by atoms with van der Waals surface area (Å²) in [6, 6.07) is 15.5. The molecular formula is C21H21N3O3. The molecule has 1 unspecified atom stereocenters. The molecule has 2 aromatic carbocycles. The van der Waals surface area contributed by atoms with Gasteiger partial charge in [-0.3, -0.25) is 4.79 Å². The van der Waals surface area contributed by atoms with E-state index in [0.717, 1.165) is 16.9 Å². The Hall–Kier alpha value is -3.15. The molecule has 0 radical (unpaired) electrons. The first-order chi connectivity index (χ1) is 13.1. The van der Waals surface area contributed by atoms with Gasteiger partial charge in [0.2, 0.25) is 17.6 Å². The van der Waals surface area contributed by atoms with Crippen LogP contribution in [0.3, 0.4) is 0 Å². The lowest BCUT2D eigenvalue weighted by molar-refractivity contribution is -0.129. The van der Waals surface area contributed by atoms with Crippen molar-refractivity contribution < 1.29 is 14.1 Å².